The summed E-state index contributed by atoms with van der Waals surface area (Å²) in [7, 11) is -1.40. The van der Waals surface area contributed by atoms with E-state index in [1.54, 1.807) is 0 Å². The molecule has 0 radical (unpaired) electrons. The number of hydrogen-bond acceptors (Lipinski definition) is 2. The molecule has 1 N–H and O–H groups in total. The summed E-state index contributed by atoms with van der Waals surface area (Å²) in [6.45, 7) is 6.88. The zero-order chi connectivity index (χ0) is 13.7. The van der Waals surface area contributed by atoms with Crippen LogP contribution in [0.2, 0.25) is 19.6 Å². The van der Waals surface area contributed by atoms with Crippen LogP contribution in [0, 0.1) is 0 Å². The second kappa shape index (κ2) is 5.84. The van der Waals surface area contributed by atoms with E-state index in [1.165, 1.54) is 5.56 Å². The third-order valence-electron chi connectivity index (χ3n) is 2.57. The Morgan fingerprint density at radius 1 is 1.00 bits per heavy atom. The summed E-state index contributed by atoms with van der Waals surface area (Å²) >= 11 is 0. The van der Waals surface area contributed by atoms with E-state index in [0.717, 1.165) is 11.4 Å². The highest BCUT2D eigenvalue weighted by atomic mass is 28.3. The molecule has 19 heavy (non-hydrogen) atoms. The third-order valence-corrected chi connectivity index (χ3v) is 3.59. The summed E-state index contributed by atoms with van der Waals surface area (Å²) in [6.07, 6.45) is 3.94. The summed E-state index contributed by atoms with van der Waals surface area (Å²) in [5.41, 5.74) is 3.33. The van der Waals surface area contributed by atoms with E-state index in [-0.39, 0.29) is 0 Å². The normalized spacial score (nSPS) is 12.3. The monoisotopic (exact) mass is 268 g/mol. The van der Waals surface area contributed by atoms with Gasteiger partial charge in [-0.25, -0.2) is 0 Å². The molecule has 0 saturated heterocycles. The fourth-order valence-electron chi connectivity index (χ4n) is 1.82. The molecule has 2 rings (SSSR count). The van der Waals surface area contributed by atoms with E-state index in [9.17, 15) is 0 Å². The van der Waals surface area contributed by atoms with Gasteiger partial charge in [0.25, 0.3) is 0 Å². The zero-order valence-corrected chi connectivity index (χ0v) is 12.7. The molecule has 0 fully saturated rings. The lowest BCUT2D eigenvalue weighted by Gasteiger charge is -2.22. The minimum atomic E-state index is -1.40. The van der Waals surface area contributed by atoms with E-state index < -0.39 is 8.24 Å². The van der Waals surface area contributed by atoms with Crippen LogP contribution in [0.3, 0.4) is 0 Å². The molecule has 0 spiro atoms. The summed E-state index contributed by atoms with van der Waals surface area (Å²) < 4.78 is 0. The Labute approximate surface area is 116 Å². The Morgan fingerprint density at radius 2 is 1.68 bits per heavy atom. The number of hydrogen-bond donors (Lipinski definition) is 1. The molecular weight excluding hydrogens is 248 g/mol. The van der Waals surface area contributed by atoms with Gasteiger partial charge in [0.2, 0.25) is 0 Å². The van der Waals surface area contributed by atoms with Crippen LogP contribution in [0.1, 0.15) is 11.3 Å². The quantitative estimate of drug-likeness (QED) is 0.848. The molecule has 0 saturated carbocycles. The topological polar surface area (TPSA) is 24.9 Å². The van der Waals surface area contributed by atoms with E-state index in [4.69, 9.17) is 0 Å². The fourth-order valence-corrected chi connectivity index (χ4v) is 2.85. The molecule has 1 heterocycles. The van der Waals surface area contributed by atoms with E-state index in [0.29, 0.717) is 0 Å². The Bertz CT molecular complexity index is 542. The van der Waals surface area contributed by atoms with Crippen LogP contribution in [-0.4, -0.2) is 13.2 Å². The van der Waals surface area contributed by atoms with Crippen molar-refractivity contribution in [3.63, 3.8) is 0 Å². The number of nitrogens with one attached hydrogen (secondary N) is 1. The SMILES string of the molecule is C[Si](C)(C)NC(=Cc1ccccn1)c1ccccc1. The lowest BCUT2D eigenvalue weighted by Crippen LogP contribution is -2.39. The Morgan fingerprint density at radius 3 is 2.26 bits per heavy atom. The smallest absolute Gasteiger partial charge is 0.144 e. The zero-order valence-electron chi connectivity index (χ0n) is 11.7. The number of rotatable bonds is 4. The van der Waals surface area contributed by atoms with Gasteiger partial charge in [0.15, 0.2) is 0 Å². The second-order valence-electron chi connectivity index (χ2n) is 5.55. The van der Waals surface area contributed by atoms with Gasteiger partial charge in [-0.05, 0) is 23.8 Å². The number of benzene rings is 1. The molecule has 2 nitrogen and oxygen atoms in total. The molecule has 0 atom stereocenters. The maximum atomic E-state index is 4.37. The molecule has 0 aliphatic carbocycles. The van der Waals surface area contributed by atoms with Gasteiger partial charge in [-0.3, -0.25) is 4.98 Å². The average molecular weight is 268 g/mol. The van der Waals surface area contributed by atoms with E-state index in [1.807, 2.05) is 30.5 Å². The predicted octanol–water partition coefficient (Wildman–Crippen LogP) is 4.00. The first-order valence-electron chi connectivity index (χ1n) is 6.51. The number of aromatic nitrogens is 1. The standard InChI is InChI=1S/C16H20N2Si/c1-19(2,3)18-16(14-9-5-4-6-10-14)13-15-11-7-8-12-17-15/h4-13,18H,1-3H3. The van der Waals surface area contributed by atoms with Crippen LogP contribution in [-0.2, 0) is 0 Å². The average Bonchev–Trinajstić information content (AvgIpc) is 2.39. The molecule has 98 valence electrons. The molecule has 0 amide bonds. The van der Waals surface area contributed by atoms with Crippen LogP contribution in [0.25, 0.3) is 11.8 Å². The van der Waals surface area contributed by atoms with Crippen molar-refractivity contribution in [2.45, 2.75) is 19.6 Å². The molecule has 1 aromatic carbocycles. The Balaban J connectivity index is 2.38. The van der Waals surface area contributed by atoms with Crippen LogP contribution in [0.5, 0.6) is 0 Å². The largest absolute Gasteiger partial charge is 0.410 e. The van der Waals surface area contributed by atoms with Gasteiger partial charge >= 0.3 is 0 Å². The van der Waals surface area contributed by atoms with Crippen LogP contribution < -0.4 is 4.98 Å². The van der Waals surface area contributed by atoms with Gasteiger partial charge < -0.3 is 4.98 Å². The van der Waals surface area contributed by atoms with E-state index in [2.05, 4.69) is 59.9 Å². The number of nitrogens with zero attached hydrogens (tertiary/aromatic N) is 1. The van der Waals surface area contributed by atoms with Crippen molar-refractivity contribution in [1.82, 2.24) is 9.97 Å². The third kappa shape index (κ3) is 4.37. The van der Waals surface area contributed by atoms with Gasteiger partial charge in [-0.15, -0.1) is 0 Å². The minimum absolute atomic E-state index is 0.979. The minimum Gasteiger partial charge on any atom is -0.410 e. The molecule has 0 aliphatic rings. The molecular formula is C16H20N2Si. The summed E-state index contributed by atoms with van der Waals surface area (Å²) in [5, 5.41) is 0. The van der Waals surface area contributed by atoms with Gasteiger partial charge in [-0.2, -0.15) is 0 Å². The molecule has 1 aromatic heterocycles. The highest BCUT2D eigenvalue weighted by molar-refractivity contribution is 6.74. The van der Waals surface area contributed by atoms with Crippen LogP contribution in [0.4, 0.5) is 0 Å². The van der Waals surface area contributed by atoms with Crippen molar-refractivity contribution >= 4 is 20.0 Å². The van der Waals surface area contributed by atoms with Crippen molar-refractivity contribution in [2.75, 3.05) is 0 Å². The Hall–Kier alpha value is -1.87. The van der Waals surface area contributed by atoms with Crippen molar-refractivity contribution in [1.29, 1.82) is 0 Å². The van der Waals surface area contributed by atoms with Crippen LogP contribution >= 0.6 is 0 Å². The first-order chi connectivity index (χ1) is 9.04. The van der Waals surface area contributed by atoms with Gasteiger partial charge in [0.05, 0.1) is 5.69 Å². The summed E-state index contributed by atoms with van der Waals surface area (Å²) in [6, 6.07) is 16.4. The maximum Gasteiger partial charge on any atom is 0.144 e. The van der Waals surface area contributed by atoms with Gasteiger partial charge in [-0.1, -0.05) is 56.0 Å². The first-order valence-corrected chi connectivity index (χ1v) is 10.0. The highest BCUT2D eigenvalue weighted by Gasteiger charge is 2.15. The summed E-state index contributed by atoms with van der Waals surface area (Å²) in [5.74, 6) is 0. The lowest BCUT2D eigenvalue weighted by molar-refractivity contribution is 1.25. The number of pyridine rings is 1. The second-order valence-corrected chi connectivity index (χ2v) is 10.3. The van der Waals surface area contributed by atoms with Crippen molar-refractivity contribution in [2.24, 2.45) is 0 Å². The first kappa shape index (κ1) is 13.6. The van der Waals surface area contributed by atoms with Gasteiger partial charge in [0.1, 0.15) is 8.24 Å². The highest BCUT2D eigenvalue weighted by Crippen LogP contribution is 2.17. The molecule has 0 aliphatic heterocycles. The molecule has 2 aromatic rings. The predicted molar refractivity (Wildman–Crippen MR) is 85.0 cm³/mol. The maximum absolute atomic E-state index is 4.37. The molecule has 3 heteroatoms. The van der Waals surface area contributed by atoms with Crippen LogP contribution in [0.15, 0.2) is 54.7 Å². The lowest BCUT2D eigenvalue weighted by atomic mass is 10.1. The van der Waals surface area contributed by atoms with Gasteiger partial charge in [0, 0.05) is 11.9 Å². The Kier molecular flexibility index (Phi) is 4.17. The molecule has 0 unspecified atom stereocenters. The van der Waals surface area contributed by atoms with E-state index >= 15 is 0 Å². The van der Waals surface area contributed by atoms with Crippen molar-refractivity contribution < 1.29 is 0 Å². The fraction of sp³-hybridized carbons (Fsp3) is 0.188. The molecule has 0 bridgehead atoms. The van der Waals surface area contributed by atoms with Crippen molar-refractivity contribution in [3.05, 3.63) is 66.0 Å². The summed E-state index contributed by atoms with van der Waals surface area (Å²) in [4.78, 5) is 8.05. The van der Waals surface area contributed by atoms with Crippen molar-refractivity contribution in [3.8, 4) is 0 Å².